The van der Waals surface area contributed by atoms with Crippen molar-refractivity contribution in [2.45, 2.75) is 13.1 Å². The third kappa shape index (κ3) is 3.62. The van der Waals surface area contributed by atoms with Crippen LogP contribution in [0.3, 0.4) is 0 Å². The average molecular weight is 379 g/mol. The van der Waals surface area contributed by atoms with Gasteiger partial charge >= 0.3 is 6.18 Å². The Morgan fingerprint density at radius 3 is 2.32 bits per heavy atom. The van der Waals surface area contributed by atoms with Crippen LogP contribution in [0.5, 0.6) is 0 Å². The summed E-state index contributed by atoms with van der Waals surface area (Å²) in [5, 5.41) is 0. The molecule has 0 N–H and O–H groups in total. The van der Waals surface area contributed by atoms with E-state index in [0.717, 1.165) is 29.5 Å². The summed E-state index contributed by atoms with van der Waals surface area (Å²) in [5.74, 6) is -0.274. The number of carbonyl (C=O) groups excluding carboxylic acids is 1. The highest BCUT2D eigenvalue weighted by Gasteiger charge is 2.34. The van der Waals surface area contributed by atoms with Crippen LogP contribution in [0.25, 0.3) is 6.08 Å². The molecule has 1 aliphatic rings. The van der Waals surface area contributed by atoms with Crippen molar-refractivity contribution in [2.24, 2.45) is 0 Å². The molecule has 2 nitrogen and oxygen atoms in total. The topological polar surface area (TPSA) is 20.3 Å². The van der Waals surface area contributed by atoms with Crippen molar-refractivity contribution >= 4 is 46.0 Å². The Bertz CT molecular complexity index is 873. The Kier molecular flexibility index (Phi) is 4.71. The second kappa shape index (κ2) is 6.65. The summed E-state index contributed by atoms with van der Waals surface area (Å²) in [7, 11) is 0. The van der Waals surface area contributed by atoms with Gasteiger partial charge in [0.2, 0.25) is 0 Å². The Morgan fingerprint density at radius 1 is 1.08 bits per heavy atom. The molecule has 1 aliphatic heterocycles. The first-order chi connectivity index (χ1) is 11.8. The first kappa shape index (κ1) is 17.7. The third-order valence-electron chi connectivity index (χ3n) is 3.69. The molecule has 0 aliphatic carbocycles. The van der Waals surface area contributed by atoms with Crippen molar-refractivity contribution in [3.05, 3.63) is 70.1 Å². The quantitative estimate of drug-likeness (QED) is 0.513. The standard InChI is InChI=1S/C18H12F3NOS2/c1-11-4-2-3-5-14(11)22-16(23)15(25-17(22)24)10-12-6-8-13(9-7-12)18(19,20)21/h2-10H,1H3/b15-10-. The molecule has 1 heterocycles. The molecule has 0 aromatic heterocycles. The molecule has 3 rings (SSSR count). The Labute approximate surface area is 152 Å². The van der Waals surface area contributed by atoms with Gasteiger partial charge in [0, 0.05) is 0 Å². The summed E-state index contributed by atoms with van der Waals surface area (Å²) in [6.07, 6.45) is -2.83. The molecule has 25 heavy (non-hydrogen) atoms. The van der Waals surface area contributed by atoms with Gasteiger partial charge in [-0.05, 0) is 42.3 Å². The maximum atomic E-state index is 12.7. The van der Waals surface area contributed by atoms with Gasteiger partial charge in [-0.15, -0.1) is 0 Å². The number of para-hydroxylation sites is 1. The van der Waals surface area contributed by atoms with Crippen molar-refractivity contribution in [1.29, 1.82) is 0 Å². The second-order valence-corrected chi connectivity index (χ2v) is 7.10. The minimum atomic E-state index is -4.38. The third-order valence-corrected chi connectivity index (χ3v) is 4.99. The van der Waals surface area contributed by atoms with Crippen LogP contribution >= 0.6 is 24.0 Å². The predicted molar refractivity (Wildman–Crippen MR) is 98.3 cm³/mol. The van der Waals surface area contributed by atoms with Crippen LogP contribution in [0.1, 0.15) is 16.7 Å². The maximum Gasteiger partial charge on any atom is 0.416 e. The average Bonchev–Trinajstić information content (AvgIpc) is 2.82. The summed E-state index contributed by atoms with van der Waals surface area (Å²) in [6, 6.07) is 12.0. The zero-order valence-corrected chi connectivity index (χ0v) is 14.6. The number of thiocarbonyl (C=S) groups is 1. The summed E-state index contributed by atoms with van der Waals surface area (Å²) < 4.78 is 38.3. The van der Waals surface area contributed by atoms with Crippen LogP contribution in [-0.2, 0) is 11.0 Å². The molecule has 1 saturated heterocycles. The van der Waals surface area contributed by atoms with Gasteiger partial charge in [-0.1, -0.05) is 54.3 Å². The largest absolute Gasteiger partial charge is 0.416 e. The number of thioether (sulfide) groups is 1. The number of hydrogen-bond donors (Lipinski definition) is 0. The fourth-order valence-corrected chi connectivity index (χ4v) is 3.69. The van der Waals surface area contributed by atoms with Gasteiger partial charge in [-0.3, -0.25) is 9.69 Å². The molecular formula is C18H12F3NOS2. The second-order valence-electron chi connectivity index (χ2n) is 5.42. The Morgan fingerprint density at radius 2 is 1.72 bits per heavy atom. The van der Waals surface area contributed by atoms with Crippen molar-refractivity contribution in [2.75, 3.05) is 4.90 Å². The number of halogens is 3. The number of alkyl halides is 3. The van der Waals surface area contributed by atoms with Gasteiger partial charge in [-0.25, -0.2) is 0 Å². The van der Waals surface area contributed by atoms with E-state index in [4.69, 9.17) is 12.2 Å². The van der Waals surface area contributed by atoms with Crippen molar-refractivity contribution in [3.8, 4) is 0 Å². The number of amides is 1. The summed E-state index contributed by atoms with van der Waals surface area (Å²) in [6.45, 7) is 1.88. The first-order valence-electron chi connectivity index (χ1n) is 7.28. The number of hydrogen-bond acceptors (Lipinski definition) is 3. The van der Waals surface area contributed by atoms with Gasteiger partial charge < -0.3 is 0 Å². The van der Waals surface area contributed by atoms with E-state index in [9.17, 15) is 18.0 Å². The summed E-state index contributed by atoms with van der Waals surface area (Å²) in [4.78, 5) is 14.5. The highest BCUT2D eigenvalue weighted by atomic mass is 32.2. The Balaban J connectivity index is 1.89. The van der Waals surface area contributed by atoms with E-state index in [0.29, 0.717) is 20.5 Å². The molecule has 0 saturated carbocycles. The van der Waals surface area contributed by atoms with Gasteiger partial charge in [-0.2, -0.15) is 13.2 Å². The smallest absolute Gasteiger partial charge is 0.268 e. The lowest BCUT2D eigenvalue weighted by molar-refractivity contribution is -0.137. The van der Waals surface area contributed by atoms with E-state index in [1.165, 1.54) is 17.0 Å². The molecule has 0 unspecified atom stereocenters. The van der Waals surface area contributed by atoms with Crippen molar-refractivity contribution < 1.29 is 18.0 Å². The fraction of sp³-hybridized carbons (Fsp3) is 0.111. The first-order valence-corrected chi connectivity index (χ1v) is 8.51. The monoisotopic (exact) mass is 379 g/mol. The van der Waals surface area contributed by atoms with E-state index in [1.807, 2.05) is 25.1 Å². The lowest BCUT2D eigenvalue weighted by Crippen LogP contribution is -2.28. The minimum absolute atomic E-state index is 0.274. The number of nitrogens with zero attached hydrogens (tertiary/aromatic N) is 1. The zero-order chi connectivity index (χ0) is 18.2. The highest BCUT2D eigenvalue weighted by molar-refractivity contribution is 8.27. The zero-order valence-electron chi connectivity index (χ0n) is 13.0. The van der Waals surface area contributed by atoms with E-state index in [2.05, 4.69) is 0 Å². The van der Waals surface area contributed by atoms with E-state index in [-0.39, 0.29) is 5.91 Å². The van der Waals surface area contributed by atoms with Crippen molar-refractivity contribution in [3.63, 3.8) is 0 Å². The normalized spacial score (nSPS) is 16.8. The molecule has 2 aromatic carbocycles. The predicted octanol–water partition coefficient (Wildman–Crippen LogP) is 5.42. The van der Waals surface area contributed by atoms with Crippen LogP contribution in [-0.4, -0.2) is 10.2 Å². The fourth-order valence-electron chi connectivity index (χ4n) is 2.41. The van der Waals surface area contributed by atoms with Gasteiger partial charge in [0.1, 0.15) is 0 Å². The van der Waals surface area contributed by atoms with Gasteiger partial charge in [0.15, 0.2) is 4.32 Å². The Hall–Kier alpha value is -2.12. The molecule has 7 heteroatoms. The van der Waals surface area contributed by atoms with Crippen LogP contribution in [0, 0.1) is 6.92 Å². The molecule has 0 radical (unpaired) electrons. The molecule has 0 spiro atoms. The lowest BCUT2D eigenvalue weighted by atomic mass is 10.1. The van der Waals surface area contributed by atoms with Gasteiger partial charge in [0.25, 0.3) is 5.91 Å². The van der Waals surface area contributed by atoms with Crippen LogP contribution < -0.4 is 4.90 Å². The highest BCUT2D eigenvalue weighted by Crippen LogP contribution is 2.37. The van der Waals surface area contributed by atoms with Crippen LogP contribution in [0.2, 0.25) is 0 Å². The van der Waals surface area contributed by atoms with Gasteiger partial charge in [0.05, 0.1) is 16.2 Å². The van der Waals surface area contributed by atoms with Crippen LogP contribution in [0.15, 0.2) is 53.4 Å². The SMILES string of the molecule is Cc1ccccc1N1C(=O)/C(=C/c2ccc(C(F)(F)F)cc2)SC1=S. The molecule has 0 atom stereocenters. The van der Waals surface area contributed by atoms with E-state index in [1.54, 1.807) is 12.1 Å². The summed E-state index contributed by atoms with van der Waals surface area (Å²) >= 11 is 6.44. The molecular weight excluding hydrogens is 367 g/mol. The number of aryl methyl sites for hydroxylation is 1. The number of carbonyl (C=O) groups is 1. The molecule has 0 bridgehead atoms. The van der Waals surface area contributed by atoms with Crippen molar-refractivity contribution in [1.82, 2.24) is 0 Å². The molecule has 128 valence electrons. The number of rotatable bonds is 2. The minimum Gasteiger partial charge on any atom is -0.268 e. The summed E-state index contributed by atoms with van der Waals surface area (Å²) in [5.41, 5.74) is 1.41. The van der Waals surface area contributed by atoms with E-state index < -0.39 is 11.7 Å². The maximum absolute atomic E-state index is 12.7. The number of anilines is 1. The molecule has 1 fully saturated rings. The lowest BCUT2D eigenvalue weighted by Gasteiger charge is -2.16. The number of benzene rings is 2. The van der Waals surface area contributed by atoms with E-state index >= 15 is 0 Å². The molecule has 1 amide bonds. The molecule has 2 aromatic rings. The van der Waals surface area contributed by atoms with Crippen LogP contribution in [0.4, 0.5) is 18.9 Å².